The molecule has 0 aromatic rings. The zero-order valence-corrected chi connectivity index (χ0v) is 29.1. The van der Waals surface area contributed by atoms with Crippen molar-refractivity contribution in [1.82, 2.24) is 0 Å². The molecule has 8 radical (unpaired) electrons. The fourth-order valence-corrected chi connectivity index (χ4v) is 10.5. The molecule has 5 aliphatic rings. The summed E-state index contributed by atoms with van der Waals surface area (Å²) in [6, 6.07) is 0. The molecule has 9 nitrogen and oxygen atoms in total. The summed E-state index contributed by atoms with van der Waals surface area (Å²) in [4.78, 5) is 26.5. The molecule has 5 rings (SSSR count). The predicted octanol–water partition coefficient (Wildman–Crippen LogP) is 1.37. The maximum absolute atomic E-state index is 13.4. The molecule has 4 fully saturated rings. The summed E-state index contributed by atoms with van der Waals surface area (Å²) in [5.41, 5.74) is -0.659. The molecule has 0 aromatic carbocycles. The van der Waals surface area contributed by atoms with Gasteiger partial charge < -0.3 is 35.0 Å². The van der Waals surface area contributed by atoms with Gasteiger partial charge in [0.2, 0.25) is 0 Å². The number of hydrogen-bond acceptors (Lipinski definition) is 10. The van der Waals surface area contributed by atoms with Crippen molar-refractivity contribution in [3.05, 3.63) is 34.9 Å². The Bertz CT molecular complexity index is 1410. The van der Waals surface area contributed by atoms with Crippen LogP contribution in [0, 0.1) is 29.1 Å². The number of fused-ring (bicyclic) bond motifs is 7. The first-order chi connectivity index (χ1) is 22.3. The number of hydrogen-bond donors (Lipinski definition) is 6. The second kappa shape index (κ2) is 13.0. The number of rotatable bonds is 6. The Morgan fingerprint density at radius 2 is 1.46 bits per heavy atom. The van der Waals surface area contributed by atoms with E-state index in [0.29, 0.717) is 31.3 Å². The number of esters is 2. The first-order valence-corrected chi connectivity index (χ1v) is 17.3. The average Bonchev–Trinajstić information content (AvgIpc) is 3.05. The predicted molar refractivity (Wildman–Crippen MR) is 186 cm³/mol. The van der Waals surface area contributed by atoms with Gasteiger partial charge in [0.05, 0.1) is 61.7 Å². The molecule has 14 atom stereocenters. The van der Waals surface area contributed by atoms with Gasteiger partial charge in [-0.25, -0.2) is 9.59 Å². The Kier molecular flexibility index (Phi) is 10.2. The van der Waals surface area contributed by atoms with Crippen molar-refractivity contribution in [3.63, 3.8) is 0 Å². The molecular formula is C34H46B4O9S. The van der Waals surface area contributed by atoms with E-state index in [9.17, 15) is 35.1 Å². The van der Waals surface area contributed by atoms with Crippen LogP contribution in [0.5, 0.6) is 0 Å². The topological polar surface area (TPSA) is 154 Å². The molecule has 0 heterocycles. The molecule has 0 aromatic heterocycles. The van der Waals surface area contributed by atoms with Crippen LogP contribution in [-0.2, 0) is 19.1 Å². The van der Waals surface area contributed by atoms with Gasteiger partial charge in [0, 0.05) is 28.3 Å². The van der Waals surface area contributed by atoms with Crippen LogP contribution in [0.3, 0.4) is 0 Å². The molecule has 0 aliphatic heterocycles. The lowest BCUT2D eigenvalue weighted by atomic mass is 9.26. The van der Waals surface area contributed by atoms with Gasteiger partial charge in [-0.3, -0.25) is 0 Å². The number of allylic oxidation sites excluding steroid dienone is 3. The van der Waals surface area contributed by atoms with E-state index in [-0.39, 0.29) is 24.0 Å². The number of carbonyl (C=O) groups is 2. The number of ether oxygens (including phenoxy) is 2. The van der Waals surface area contributed by atoms with E-state index < -0.39 is 105 Å². The maximum atomic E-state index is 13.4. The van der Waals surface area contributed by atoms with E-state index in [1.807, 2.05) is 6.08 Å². The molecule has 4 unspecified atom stereocenters. The maximum Gasteiger partial charge on any atom is 0.333 e. The van der Waals surface area contributed by atoms with Crippen LogP contribution in [-0.4, -0.2) is 117 Å². The summed E-state index contributed by atoms with van der Waals surface area (Å²) in [7, 11) is 28.1. The van der Waals surface area contributed by atoms with Crippen LogP contribution in [0.4, 0.5) is 0 Å². The zero-order chi connectivity index (χ0) is 35.8. The fraction of sp³-hybridized carbons (Fsp3) is 0.765. The Labute approximate surface area is 294 Å². The molecule has 0 saturated heterocycles. The van der Waals surface area contributed by atoms with E-state index in [1.165, 1.54) is 13.0 Å². The largest absolute Gasteiger partial charge is 0.454 e. The molecule has 4 saturated carbocycles. The summed E-state index contributed by atoms with van der Waals surface area (Å²) < 4.78 is 10.3. The lowest BCUT2D eigenvalue weighted by molar-refractivity contribution is -0.246. The minimum Gasteiger partial charge on any atom is -0.454 e. The Morgan fingerprint density at radius 3 is 2.00 bits per heavy atom. The first kappa shape index (κ1) is 37.8. The second-order valence-electron chi connectivity index (χ2n) is 15.2. The van der Waals surface area contributed by atoms with Gasteiger partial charge in [0.1, 0.15) is 6.10 Å². The smallest absolute Gasteiger partial charge is 0.333 e. The lowest BCUT2D eigenvalue weighted by Gasteiger charge is -2.71. The van der Waals surface area contributed by atoms with Gasteiger partial charge in [-0.15, -0.1) is 0 Å². The molecular weight excluding hydrogens is 628 g/mol. The van der Waals surface area contributed by atoms with Gasteiger partial charge in [-0.2, -0.15) is 12.6 Å². The highest BCUT2D eigenvalue weighted by molar-refractivity contribution is 7.83. The highest BCUT2D eigenvalue weighted by Crippen LogP contribution is 2.76. The van der Waals surface area contributed by atoms with E-state index in [1.54, 1.807) is 26.8 Å². The third-order valence-electron chi connectivity index (χ3n) is 13.1. The Hall–Kier alpha value is -1.43. The summed E-state index contributed by atoms with van der Waals surface area (Å²) in [6.45, 7) is 5.17. The van der Waals surface area contributed by atoms with Crippen molar-refractivity contribution in [2.75, 3.05) is 13.2 Å². The van der Waals surface area contributed by atoms with Crippen LogP contribution < -0.4 is 0 Å². The second-order valence-corrected chi connectivity index (χ2v) is 16.0. The van der Waals surface area contributed by atoms with Crippen molar-refractivity contribution in [3.8, 4) is 0 Å². The van der Waals surface area contributed by atoms with Gasteiger partial charge in [-0.1, -0.05) is 53.7 Å². The van der Waals surface area contributed by atoms with E-state index in [0.717, 1.165) is 0 Å². The van der Waals surface area contributed by atoms with Crippen molar-refractivity contribution in [2.24, 2.45) is 29.1 Å². The molecule has 5 N–H and O–H groups in total. The molecule has 14 heteroatoms. The standard InChI is InChI=1S/C34H46B4O9S/c1-5-16(3)28(44)46-26-27(47-29(45)17(4)6-2)34(38,48)13-19-18-7-8-20-31(35)12-10-22(41)33(37,15-40)21(31)9-11-32(20,36)23(18)24(42)25(43)30(19,26)14-39/h5-7,19-27,39-43,48H,8-15H2,1-4H3/b16-5-,17-6-/t19?,20?,21?,22-,23?,24+,25+,26-,27-,30-,31-,32-,33-,34+/m0/s1. The third kappa shape index (κ3) is 5.28. The highest BCUT2D eigenvalue weighted by atomic mass is 32.1. The Balaban J connectivity index is 1.65. The minimum atomic E-state index is -1.77. The van der Waals surface area contributed by atoms with Gasteiger partial charge >= 0.3 is 11.9 Å². The number of carbonyl (C=O) groups excluding carboxylic acids is 2. The average molecular weight is 674 g/mol. The third-order valence-corrected chi connectivity index (χ3v) is 13.5. The van der Waals surface area contributed by atoms with Gasteiger partial charge in [-0.05, 0) is 70.0 Å². The summed E-state index contributed by atoms with van der Waals surface area (Å²) in [5.74, 6) is -4.11. The van der Waals surface area contributed by atoms with Crippen molar-refractivity contribution < 1.29 is 44.6 Å². The summed E-state index contributed by atoms with van der Waals surface area (Å²) in [6.07, 6.45) is -0.562. The summed E-state index contributed by atoms with van der Waals surface area (Å²) >= 11 is 4.78. The van der Waals surface area contributed by atoms with E-state index in [4.69, 9.17) is 53.5 Å². The molecule has 0 bridgehead atoms. The Morgan fingerprint density at radius 1 is 0.896 bits per heavy atom. The highest BCUT2D eigenvalue weighted by Gasteiger charge is 2.72. The van der Waals surface area contributed by atoms with Crippen LogP contribution >= 0.6 is 12.6 Å². The molecule has 48 heavy (non-hydrogen) atoms. The number of aliphatic hydroxyl groups is 5. The molecule has 0 spiro atoms. The SMILES string of the molecule is [B][C@@]12CCC3[C@]([B])(CC[C@H](O)[C@]3([B])CO)C1CC=C1C2[C@@H](O)[C@@H](O)[C@]2(CO)C1C[C@@]([B])(S)[C@@H](OC(=O)/C(C)=C\C)[C@@H]2OC(=O)/C(C)=C\C. The number of thiol groups is 1. The molecule has 0 amide bonds. The zero-order valence-electron chi connectivity index (χ0n) is 28.2. The quantitative estimate of drug-likeness (QED) is 0.0807. The van der Waals surface area contributed by atoms with E-state index >= 15 is 0 Å². The first-order valence-electron chi connectivity index (χ1n) is 16.9. The fourth-order valence-electron chi connectivity index (χ4n) is 10.1. The molecule has 5 aliphatic carbocycles. The van der Waals surface area contributed by atoms with E-state index in [2.05, 4.69) is 0 Å². The van der Waals surface area contributed by atoms with Crippen LogP contribution in [0.25, 0.3) is 0 Å². The lowest BCUT2D eigenvalue weighted by Crippen LogP contribution is -2.74. The van der Waals surface area contributed by atoms with Crippen LogP contribution in [0.1, 0.15) is 66.2 Å². The molecule has 254 valence electrons. The monoisotopic (exact) mass is 674 g/mol. The number of aliphatic hydroxyl groups excluding tert-OH is 5. The van der Waals surface area contributed by atoms with Gasteiger partial charge in [0.15, 0.2) is 6.10 Å². The van der Waals surface area contributed by atoms with Crippen molar-refractivity contribution in [1.29, 1.82) is 0 Å². The minimum absolute atomic E-state index is 0.0357. The van der Waals surface area contributed by atoms with Gasteiger partial charge in [0.25, 0.3) is 0 Å². The van der Waals surface area contributed by atoms with Crippen LogP contribution in [0.15, 0.2) is 34.9 Å². The summed E-state index contributed by atoms with van der Waals surface area (Å²) in [5, 5.41) is 53.3. The van der Waals surface area contributed by atoms with Crippen LogP contribution in [0.2, 0.25) is 15.9 Å². The van der Waals surface area contributed by atoms with Crippen molar-refractivity contribution >= 4 is 56.0 Å². The normalized spacial score (nSPS) is 49.0. The van der Waals surface area contributed by atoms with Crippen molar-refractivity contribution in [2.45, 2.75) is 117 Å².